The van der Waals surface area contributed by atoms with Gasteiger partial charge in [-0.05, 0) is 0 Å². The Morgan fingerprint density at radius 3 is 1.00 bits per heavy atom. The predicted molar refractivity (Wildman–Crippen MR) is 16.3 cm³/mol. The summed E-state index contributed by atoms with van der Waals surface area (Å²) in [5.74, 6) is 0. The Morgan fingerprint density at radius 2 is 1.00 bits per heavy atom. The normalized spacial score (nSPS) is 10.3. The van der Waals surface area contributed by atoms with Gasteiger partial charge >= 0.3 is 76.2 Å². The molecule has 0 amide bonds. The first-order valence-electron chi connectivity index (χ1n) is 1.46. The Kier molecular flexibility index (Phi) is 18.2. The van der Waals surface area contributed by atoms with Crippen molar-refractivity contribution >= 4 is 15.6 Å². The zero-order chi connectivity index (χ0) is 7.71. The molecule has 0 bridgehead atoms. The Balaban J connectivity index is -0.000000107. The second-order valence-corrected chi connectivity index (χ2v) is 3.42. The van der Waals surface area contributed by atoms with E-state index in [4.69, 9.17) is 0 Å². The van der Waals surface area contributed by atoms with E-state index in [1.54, 1.807) is 0 Å². The molecule has 0 radical (unpaired) electrons. The van der Waals surface area contributed by atoms with Gasteiger partial charge in [0.1, 0.15) is 0 Å². The monoisotopic (exact) mass is 276 g/mol. The van der Waals surface area contributed by atoms with E-state index in [2.05, 4.69) is 4.31 Å². The summed E-state index contributed by atoms with van der Waals surface area (Å²) < 4.78 is 21.2. The maximum absolute atomic E-state index is 9.32. The van der Waals surface area contributed by atoms with Gasteiger partial charge in [0.25, 0.3) is 0 Å². The van der Waals surface area contributed by atoms with Gasteiger partial charge in [-0.15, -0.1) is 0 Å². The molecule has 0 aliphatic heterocycles. The molecule has 0 saturated carbocycles. The van der Waals surface area contributed by atoms with Crippen molar-refractivity contribution in [3.8, 4) is 0 Å². The molecule has 0 heterocycles. The minimum absolute atomic E-state index is 0. The van der Waals surface area contributed by atoms with Gasteiger partial charge in [0.15, 0.2) is 0 Å². The number of hydrogen-bond donors (Lipinski definition) is 0. The van der Waals surface area contributed by atoms with E-state index >= 15 is 0 Å². The SMILES string of the molecule is O=P([O-])([O-])OP(=O)([O-])[O-].[Fe+2].[Na+].[Na+]. The zero-order valence-corrected chi connectivity index (χ0v) is 13.0. The molecule has 0 aliphatic carbocycles. The third kappa shape index (κ3) is 23.0. The van der Waals surface area contributed by atoms with Crippen LogP contribution in [0.4, 0.5) is 0 Å². The first-order valence-corrected chi connectivity index (χ1v) is 4.38. The summed E-state index contributed by atoms with van der Waals surface area (Å²) in [7, 11) is -11.4. The van der Waals surface area contributed by atoms with Crippen LogP contribution in [0.15, 0.2) is 0 Å². The van der Waals surface area contributed by atoms with Gasteiger partial charge in [-0.1, -0.05) is 0 Å². The molecule has 0 aromatic rings. The molecule has 12 heavy (non-hydrogen) atoms. The van der Waals surface area contributed by atoms with Crippen LogP contribution in [-0.4, -0.2) is 0 Å². The van der Waals surface area contributed by atoms with Crippen LogP contribution in [0.5, 0.6) is 0 Å². The molecule has 0 unspecified atom stereocenters. The fourth-order valence-electron chi connectivity index (χ4n) is 0.122. The van der Waals surface area contributed by atoms with Crippen molar-refractivity contribution in [2.45, 2.75) is 0 Å². The van der Waals surface area contributed by atoms with Crippen LogP contribution in [0.25, 0.3) is 0 Å². The van der Waals surface area contributed by atoms with Gasteiger partial charge in [0.05, 0.1) is 15.6 Å². The third-order valence-corrected chi connectivity index (χ3v) is 1.80. The fourth-order valence-corrected chi connectivity index (χ4v) is 1.10. The number of phosphoric acid groups is 2. The molecule has 0 atom stereocenters. The Bertz CT molecular complexity index is 160. The second kappa shape index (κ2) is 9.04. The fraction of sp³-hybridized carbons (Fsp3) is 0. The standard InChI is InChI=1S/Fe.2Na.H4O7P2/c;;;1-8(2,3)7-9(4,5)6/h;;;(H2,1,2,3)(H2,4,5,6)/q+2;2*+1;/p-4. The molecular formula is FeNa2O7P2. The Labute approximate surface area is 123 Å². The minimum Gasteiger partial charge on any atom is -0.790 e. The van der Waals surface area contributed by atoms with Crippen LogP contribution in [0.1, 0.15) is 0 Å². The topological polar surface area (TPSA) is 136 Å². The molecule has 12 heteroatoms. The van der Waals surface area contributed by atoms with Crippen molar-refractivity contribution in [1.29, 1.82) is 0 Å². The van der Waals surface area contributed by atoms with Crippen molar-refractivity contribution in [3.63, 3.8) is 0 Å². The van der Waals surface area contributed by atoms with E-state index in [9.17, 15) is 28.7 Å². The van der Waals surface area contributed by atoms with E-state index in [0.717, 1.165) is 0 Å². The molecular weight excluding hydrogens is 276 g/mol. The van der Waals surface area contributed by atoms with Crippen molar-refractivity contribution in [3.05, 3.63) is 0 Å². The first kappa shape index (κ1) is 24.2. The molecule has 0 aromatic carbocycles. The zero-order valence-electron chi connectivity index (χ0n) is 6.11. The predicted octanol–water partition coefficient (Wildman–Crippen LogP) is -9.33. The summed E-state index contributed by atoms with van der Waals surface area (Å²) in [6, 6.07) is 0. The summed E-state index contributed by atoms with van der Waals surface area (Å²) in [4.78, 5) is 37.3. The van der Waals surface area contributed by atoms with Crippen LogP contribution in [0.2, 0.25) is 0 Å². The average molecular weight is 276 g/mol. The van der Waals surface area contributed by atoms with E-state index in [-0.39, 0.29) is 76.2 Å². The number of rotatable bonds is 2. The molecule has 0 saturated heterocycles. The van der Waals surface area contributed by atoms with Crippen molar-refractivity contribution in [1.82, 2.24) is 0 Å². The smallest absolute Gasteiger partial charge is 0.790 e. The van der Waals surface area contributed by atoms with Gasteiger partial charge in [-0.2, -0.15) is 0 Å². The molecule has 0 fully saturated rings. The summed E-state index contributed by atoms with van der Waals surface area (Å²) >= 11 is 0. The third-order valence-electron chi connectivity index (χ3n) is 0.200. The van der Waals surface area contributed by atoms with Gasteiger partial charge in [-0.25, -0.2) is 0 Å². The van der Waals surface area contributed by atoms with E-state index in [1.165, 1.54) is 0 Å². The van der Waals surface area contributed by atoms with Crippen molar-refractivity contribution in [2.75, 3.05) is 0 Å². The maximum Gasteiger partial charge on any atom is 2.00 e. The molecule has 0 rings (SSSR count). The van der Waals surface area contributed by atoms with E-state index in [0.29, 0.717) is 0 Å². The van der Waals surface area contributed by atoms with Crippen LogP contribution in [0, 0.1) is 0 Å². The van der Waals surface area contributed by atoms with E-state index < -0.39 is 15.6 Å². The maximum atomic E-state index is 9.32. The molecule has 0 N–H and O–H groups in total. The van der Waals surface area contributed by atoms with E-state index in [1.807, 2.05) is 0 Å². The molecule has 0 aliphatic rings. The first-order chi connectivity index (χ1) is 3.71. The van der Waals surface area contributed by atoms with Crippen LogP contribution in [-0.2, 0) is 30.5 Å². The summed E-state index contributed by atoms with van der Waals surface area (Å²) in [5.41, 5.74) is 0. The van der Waals surface area contributed by atoms with Gasteiger partial charge in [0, 0.05) is 0 Å². The summed E-state index contributed by atoms with van der Waals surface area (Å²) in [5, 5.41) is 0. The van der Waals surface area contributed by atoms with Crippen molar-refractivity contribution < 1.29 is 109 Å². The van der Waals surface area contributed by atoms with Gasteiger partial charge in [-0.3, -0.25) is 0 Å². The summed E-state index contributed by atoms with van der Waals surface area (Å²) in [6.07, 6.45) is 0. The Morgan fingerprint density at radius 1 is 0.833 bits per heavy atom. The summed E-state index contributed by atoms with van der Waals surface area (Å²) in [6.45, 7) is 0. The molecule has 62 valence electrons. The largest absolute Gasteiger partial charge is 2.00 e. The Hall–Kier alpha value is 2.78. The van der Waals surface area contributed by atoms with Gasteiger partial charge in [0.2, 0.25) is 0 Å². The van der Waals surface area contributed by atoms with Crippen LogP contribution >= 0.6 is 15.6 Å². The second-order valence-electron chi connectivity index (χ2n) is 0.976. The molecule has 0 spiro atoms. The van der Waals surface area contributed by atoms with Crippen molar-refractivity contribution in [2.24, 2.45) is 0 Å². The number of hydrogen-bond acceptors (Lipinski definition) is 7. The average Bonchev–Trinajstić information content (AvgIpc) is 1.14. The molecule has 7 nitrogen and oxygen atoms in total. The quantitative estimate of drug-likeness (QED) is 0.360. The van der Waals surface area contributed by atoms with Crippen LogP contribution < -0.4 is 78.7 Å². The molecule has 0 aromatic heterocycles. The van der Waals surface area contributed by atoms with Gasteiger partial charge < -0.3 is 33.0 Å². The van der Waals surface area contributed by atoms with Crippen LogP contribution in [0.3, 0.4) is 0 Å². The minimum atomic E-state index is -5.68.